The maximum absolute atomic E-state index is 5.32. The van der Waals surface area contributed by atoms with Gasteiger partial charge in [-0.1, -0.05) is 70.0 Å². The number of hydrogen-bond donors (Lipinski definition) is 0. The molecule has 130 valence electrons. The Labute approximate surface area is 150 Å². The van der Waals surface area contributed by atoms with E-state index in [1.165, 1.54) is 11.1 Å². The molecule has 0 N–H and O–H groups in total. The zero-order chi connectivity index (χ0) is 17.9. The maximum Gasteiger partial charge on any atom is 0.227 e. The molecule has 0 saturated heterocycles. The van der Waals surface area contributed by atoms with Crippen molar-refractivity contribution in [3.63, 3.8) is 0 Å². The first-order valence-electron chi connectivity index (χ1n) is 8.46. The van der Waals surface area contributed by atoms with Crippen molar-refractivity contribution >= 4 is 0 Å². The summed E-state index contributed by atoms with van der Waals surface area (Å²) >= 11 is 0. The second-order valence-electron chi connectivity index (χ2n) is 6.26. The number of nitrogens with zero attached hydrogens (tertiary/aromatic N) is 4. The highest BCUT2D eigenvalue weighted by atomic mass is 16.5. The molecule has 0 bridgehead atoms. The van der Waals surface area contributed by atoms with Gasteiger partial charge in [0, 0.05) is 24.0 Å². The topological polar surface area (TPSA) is 77.8 Å². The van der Waals surface area contributed by atoms with Crippen molar-refractivity contribution in [1.29, 1.82) is 0 Å². The van der Waals surface area contributed by atoms with Gasteiger partial charge in [0.05, 0.1) is 0 Å². The highest BCUT2D eigenvalue weighted by molar-refractivity contribution is 5.55. The number of rotatable bonds is 5. The van der Waals surface area contributed by atoms with Crippen LogP contribution in [0.1, 0.15) is 22.9 Å². The Hall–Kier alpha value is -3.28. The summed E-state index contributed by atoms with van der Waals surface area (Å²) in [6.07, 6.45) is 1.10. The average molecular weight is 346 g/mol. The zero-order valence-corrected chi connectivity index (χ0v) is 14.6. The fraction of sp³-hybridized carbons (Fsp3) is 0.200. The van der Waals surface area contributed by atoms with Crippen LogP contribution in [0.15, 0.2) is 57.6 Å². The van der Waals surface area contributed by atoms with Gasteiger partial charge in [0.15, 0.2) is 0 Å². The van der Waals surface area contributed by atoms with Crippen LogP contribution in [-0.2, 0) is 12.8 Å². The van der Waals surface area contributed by atoms with Crippen molar-refractivity contribution in [3.05, 3.63) is 71.4 Å². The molecule has 0 unspecified atom stereocenters. The minimum atomic E-state index is 0.550. The van der Waals surface area contributed by atoms with E-state index in [0.717, 1.165) is 11.1 Å². The summed E-state index contributed by atoms with van der Waals surface area (Å²) in [6, 6.07) is 16.0. The Morgan fingerprint density at radius 3 is 1.38 bits per heavy atom. The van der Waals surface area contributed by atoms with E-state index in [4.69, 9.17) is 9.05 Å². The number of aromatic nitrogens is 4. The SMILES string of the molecule is Cc1ccc(-c2noc(CCc3nc(-c4ccc(C)cc4)no3)n2)cc1. The van der Waals surface area contributed by atoms with E-state index in [2.05, 4.69) is 20.3 Å². The van der Waals surface area contributed by atoms with E-state index in [0.29, 0.717) is 36.3 Å². The molecule has 0 aliphatic rings. The van der Waals surface area contributed by atoms with Crippen LogP contribution in [0.3, 0.4) is 0 Å². The third-order valence-electron chi connectivity index (χ3n) is 4.11. The lowest BCUT2D eigenvalue weighted by Crippen LogP contribution is -1.92. The fourth-order valence-corrected chi connectivity index (χ4v) is 2.57. The van der Waals surface area contributed by atoms with Crippen molar-refractivity contribution in [2.75, 3.05) is 0 Å². The lowest BCUT2D eigenvalue weighted by atomic mass is 10.1. The van der Waals surface area contributed by atoms with Gasteiger partial charge in [0.2, 0.25) is 23.4 Å². The molecule has 0 aliphatic carbocycles. The lowest BCUT2D eigenvalue weighted by Gasteiger charge is -1.94. The number of benzene rings is 2. The summed E-state index contributed by atoms with van der Waals surface area (Å²) in [5, 5.41) is 8.07. The highest BCUT2D eigenvalue weighted by Gasteiger charge is 2.12. The summed E-state index contributed by atoms with van der Waals surface area (Å²) < 4.78 is 10.6. The molecule has 2 heterocycles. The number of aryl methyl sites for hydroxylation is 4. The minimum Gasteiger partial charge on any atom is -0.339 e. The predicted molar refractivity (Wildman–Crippen MR) is 96.4 cm³/mol. The average Bonchev–Trinajstić information content (AvgIpc) is 3.31. The van der Waals surface area contributed by atoms with E-state index in [1.807, 2.05) is 62.4 Å². The largest absolute Gasteiger partial charge is 0.339 e. The number of hydrogen-bond acceptors (Lipinski definition) is 6. The summed E-state index contributed by atoms with van der Waals surface area (Å²) in [4.78, 5) is 8.86. The molecule has 26 heavy (non-hydrogen) atoms. The monoisotopic (exact) mass is 346 g/mol. The van der Waals surface area contributed by atoms with Gasteiger partial charge in [-0.15, -0.1) is 0 Å². The van der Waals surface area contributed by atoms with E-state index in [1.54, 1.807) is 0 Å². The molecule has 6 heteroatoms. The van der Waals surface area contributed by atoms with Gasteiger partial charge in [-0.3, -0.25) is 0 Å². The van der Waals surface area contributed by atoms with Crippen LogP contribution in [0.4, 0.5) is 0 Å². The van der Waals surface area contributed by atoms with E-state index >= 15 is 0 Å². The first kappa shape index (κ1) is 16.2. The van der Waals surface area contributed by atoms with Crippen LogP contribution in [0.5, 0.6) is 0 Å². The van der Waals surface area contributed by atoms with Gasteiger partial charge in [-0.2, -0.15) is 9.97 Å². The highest BCUT2D eigenvalue weighted by Crippen LogP contribution is 2.19. The minimum absolute atomic E-state index is 0.550. The molecule has 4 rings (SSSR count). The van der Waals surface area contributed by atoms with Gasteiger partial charge < -0.3 is 9.05 Å². The quantitative estimate of drug-likeness (QED) is 0.539. The van der Waals surface area contributed by atoms with Crippen LogP contribution in [0.2, 0.25) is 0 Å². The van der Waals surface area contributed by atoms with E-state index < -0.39 is 0 Å². The molecule has 0 radical (unpaired) electrons. The fourth-order valence-electron chi connectivity index (χ4n) is 2.57. The van der Waals surface area contributed by atoms with Gasteiger partial charge in [0.1, 0.15) is 0 Å². The molecule has 0 spiro atoms. The molecular formula is C20H18N4O2. The summed E-state index contributed by atoms with van der Waals surface area (Å²) in [7, 11) is 0. The predicted octanol–water partition coefficient (Wildman–Crippen LogP) is 4.19. The second kappa shape index (κ2) is 6.92. The Kier molecular flexibility index (Phi) is 4.31. The molecule has 0 fully saturated rings. The molecule has 6 nitrogen and oxygen atoms in total. The van der Waals surface area contributed by atoms with E-state index in [9.17, 15) is 0 Å². The Morgan fingerprint density at radius 2 is 1.00 bits per heavy atom. The molecule has 2 aromatic carbocycles. The smallest absolute Gasteiger partial charge is 0.227 e. The third kappa shape index (κ3) is 3.54. The van der Waals surface area contributed by atoms with Gasteiger partial charge in [-0.25, -0.2) is 0 Å². The zero-order valence-electron chi connectivity index (χ0n) is 14.6. The lowest BCUT2D eigenvalue weighted by molar-refractivity contribution is 0.354. The standard InChI is InChI=1S/C20H18N4O2/c1-13-3-7-15(8-4-13)19-21-17(25-23-19)11-12-18-22-20(24-26-18)16-9-5-14(2)6-10-16/h3-10H,11-12H2,1-2H3. The molecule has 0 atom stereocenters. The Balaban J connectivity index is 1.42. The molecule has 4 aromatic rings. The third-order valence-corrected chi connectivity index (χ3v) is 4.11. The van der Waals surface area contributed by atoms with Crippen molar-refractivity contribution in [2.45, 2.75) is 26.7 Å². The van der Waals surface area contributed by atoms with Gasteiger partial charge >= 0.3 is 0 Å². The maximum atomic E-state index is 5.32. The Bertz CT molecular complexity index is 917. The van der Waals surface area contributed by atoms with Gasteiger partial charge in [0.25, 0.3) is 0 Å². The Morgan fingerprint density at radius 1 is 0.615 bits per heavy atom. The summed E-state index contributed by atoms with van der Waals surface area (Å²) in [5.74, 6) is 2.28. The normalized spacial score (nSPS) is 11.0. The molecule has 0 aliphatic heterocycles. The molecule has 2 aromatic heterocycles. The molecule has 0 saturated carbocycles. The molecule has 0 amide bonds. The van der Waals surface area contributed by atoms with Crippen LogP contribution < -0.4 is 0 Å². The van der Waals surface area contributed by atoms with Crippen LogP contribution in [0.25, 0.3) is 22.8 Å². The first-order valence-corrected chi connectivity index (χ1v) is 8.46. The first-order chi connectivity index (χ1) is 12.7. The van der Waals surface area contributed by atoms with Crippen LogP contribution >= 0.6 is 0 Å². The summed E-state index contributed by atoms with van der Waals surface area (Å²) in [5.41, 5.74) is 4.26. The van der Waals surface area contributed by atoms with Crippen molar-refractivity contribution in [3.8, 4) is 22.8 Å². The van der Waals surface area contributed by atoms with Crippen LogP contribution in [0, 0.1) is 13.8 Å². The van der Waals surface area contributed by atoms with Crippen molar-refractivity contribution in [2.24, 2.45) is 0 Å². The molecular weight excluding hydrogens is 328 g/mol. The van der Waals surface area contributed by atoms with Gasteiger partial charge in [-0.05, 0) is 13.8 Å². The van der Waals surface area contributed by atoms with Crippen molar-refractivity contribution < 1.29 is 9.05 Å². The van der Waals surface area contributed by atoms with Crippen molar-refractivity contribution in [1.82, 2.24) is 20.3 Å². The van der Waals surface area contributed by atoms with E-state index in [-0.39, 0.29) is 0 Å². The van der Waals surface area contributed by atoms with Crippen LogP contribution in [-0.4, -0.2) is 20.3 Å². The summed E-state index contributed by atoms with van der Waals surface area (Å²) in [6.45, 7) is 4.08. The second-order valence-corrected chi connectivity index (χ2v) is 6.26.